The van der Waals surface area contributed by atoms with E-state index >= 15 is 0 Å². The normalized spacial score (nSPS) is 25.8. The van der Waals surface area contributed by atoms with Crippen molar-refractivity contribution in [1.29, 1.82) is 0 Å². The van der Waals surface area contributed by atoms with Crippen LogP contribution in [0.4, 0.5) is 0 Å². The second-order valence-corrected chi connectivity index (χ2v) is 7.77. The maximum absolute atomic E-state index is 5.53. The Labute approximate surface area is 154 Å². The molecule has 2 rings (SSSR count). The summed E-state index contributed by atoms with van der Waals surface area (Å²) in [5, 5.41) is 6.93. The van der Waals surface area contributed by atoms with Gasteiger partial charge in [-0.1, -0.05) is 6.92 Å². The molecule has 2 N–H and O–H groups in total. The predicted molar refractivity (Wildman–Crippen MR) is 105 cm³/mol. The maximum Gasteiger partial charge on any atom is 0.191 e. The Morgan fingerprint density at radius 3 is 2.64 bits per heavy atom. The SMILES string of the molecule is CN=C(NCCCN1CCC(C)CC1)NCC(C)N1CCOCC1C. The molecule has 0 bridgehead atoms. The summed E-state index contributed by atoms with van der Waals surface area (Å²) in [6.07, 6.45) is 3.88. The van der Waals surface area contributed by atoms with E-state index in [2.05, 4.69) is 46.2 Å². The highest BCUT2D eigenvalue weighted by Crippen LogP contribution is 2.15. The van der Waals surface area contributed by atoms with E-state index in [0.29, 0.717) is 12.1 Å². The standard InChI is InChI=1S/C19H39N5O/c1-16-6-10-23(11-7-16)9-5-8-21-19(20-4)22-14-17(2)24-12-13-25-15-18(24)3/h16-18H,5-15H2,1-4H3,(H2,20,21,22). The van der Waals surface area contributed by atoms with Crippen molar-refractivity contribution < 1.29 is 4.74 Å². The summed E-state index contributed by atoms with van der Waals surface area (Å²) < 4.78 is 5.53. The van der Waals surface area contributed by atoms with Gasteiger partial charge in [0.15, 0.2) is 5.96 Å². The molecular formula is C19H39N5O. The number of nitrogens with one attached hydrogen (secondary N) is 2. The number of guanidine groups is 1. The first-order valence-corrected chi connectivity index (χ1v) is 10.1. The number of rotatable bonds is 7. The number of hydrogen-bond donors (Lipinski definition) is 2. The molecule has 6 heteroatoms. The van der Waals surface area contributed by atoms with Crippen LogP contribution in [0, 0.1) is 5.92 Å². The van der Waals surface area contributed by atoms with Crippen molar-refractivity contribution in [3.05, 3.63) is 0 Å². The Hall–Kier alpha value is -0.850. The Morgan fingerprint density at radius 2 is 1.96 bits per heavy atom. The van der Waals surface area contributed by atoms with E-state index < -0.39 is 0 Å². The van der Waals surface area contributed by atoms with Crippen LogP contribution in [0.15, 0.2) is 4.99 Å². The van der Waals surface area contributed by atoms with E-state index in [4.69, 9.17) is 4.74 Å². The van der Waals surface area contributed by atoms with Crippen LogP contribution in [-0.4, -0.2) is 87.4 Å². The molecule has 0 saturated carbocycles. The van der Waals surface area contributed by atoms with Crippen LogP contribution in [-0.2, 0) is 4.74 Å². The third-order valence-electron chi connectivity index (χ3n) is 5.59. The summed E-state index contributed by atoms with van der Waals surface area (Å²) in [5.74, 6) is 1.83. The van der Waals surface area contributed by atoms with E-state index in [0.717, 1.165) is 44.7 Å². The third-order valence-corrected chi connectivity index (χ3v) is 5.59. The molecule has 0 aromatic carbocycles. The van der Waals surface area contributed by atoms with E-state index in [1.807, 2.05) is 7.05 Å². The fraction of sp³-hybridized carbons (Fsp3) is 0.947. The van der Waals surface area contributed by atoms with Crippen LogP contribution in [0.2, 0.25) is 0 Å². The zero-order chi connectivity index (χ0) is 18.1. The molecule has 2 atom stereocenters. The van der Waals surface area contributed by atoms with Crippen molar-refractivity contribution in [2.45, 2.75) is 52.1 Å². The second-order valence-electron chi connectivity index (χ2n) is 7.77. The molecule has 0 aromatic heterocycles. The van der Waals surface area contributed by atoms with Crippen LogP contribution < -0.4 is 10.6 Å². The highest BCUT2D eigenvalue weighted by molar-refractivity contribution is 5.79. The summed E-state index contributed by atoms with van der Waals surface area (Å²) in [6, 6.07) is 0.973. The topological polar surface area (TPSA) is 52.1 Å². The highest BCUT2D eigenvalue weighted by Gasteiger charge is 2.23. The average molecular weight is 354 g/mol. The Bertz CT molecular complexity index is 395. The first-order chi connectivity index (χ1) is 12.1. The molecule has 2 fully saturated rings. The average Bonchev–Trinajstić information content (AvgIpc) is 2.62. The van der Waals surface area contributed by atoms with Crippen molar-refractivity contribution in [2.75, 3.05) is 59.5 Å². The Morgan fingerprint density at radius 1 is 1.20 bits per heavy atom. The van der Waals surface area contributed by atoms with Crippen LogP contribution in [0.5, 0.6) is 0 Å². The van der Waals surface area contributed by atoms with Crippen molar-refractivity contribution in [3.8, 4) is 0 Å². The fourth-order valence-corrected chi connectivity index (χ4v) is 3.77. The van der Waals surface area contributed by atoms with Gasteiger partial charge in [-0.15, -0.1) is 0 Å². The molecule has 0 aromatic rings. The van der Waals surface area contributed by atoms with Gasteiger partial charge in [0.1, 0.15) is 0 Å². The molecule has 25 heavy (non-hydrogen) atoms. The lowest BCUT2D eigenvalue weighted by molar-refractivity contribution is -0.0174. The zero-order valence-corrected chi connectivity index (χ0v) is 16.8. The second kappa shape index (κ2) is 11.0. The van der Waals surface area contributed by atoms with Gasteiger partial charge in [-0.2, -0.15) is 0 Å². The van der Waals surface area contributed by atoms with Gasteiger partial charge in [-0.05, 0) is 58.7 Å². The lowest BCUT2D eigenvalue weighted by Gasteiger charge is -2.38. The van der Waals surface area contributed by atoms with Gasteiger partial charge < -0.3 is 20.3 Å². The molecule has 0 radical (unpaired) electrons. The molecule has 2 aliphatic rings. The summed E-state index contributed by atoms with van der Waals surface area (Å²) in [5.41, 5.74) is 0. The van der Waals surface area contributed by atoms with Gasteiger partial charge in [-0.3, -0.25) is 9.89 Å². The lowest BCUT2D eigenvalue weighted by atomic mass is 9.99. The van der Waals surface area contributed by atoms with Crippen molar-refractivity contribution in [1.82, 2.24) is 20.4 Å². The minimum atomic E-state index is 0.479. The summed E-state index contributed by atoms with van der Waals surface area (Å²) >= 11 is 0. The van der Waals surface area contributed by atoms with Crippen molar-refractivity contribution in [2.24, 2.45) is 10.9 Å². The molecule has 2 unspecified atom stereocenters. The molecule has 146 valence electrons. The molecule has 0 amide bonds. The lowest BCUT2D eigenvalue weighted by Crippen LogP contribution is -2.53. The molecule has 6 nitrogen and oxygen atoms in total. The van der Waals surface area contributed by atoms with E-state index in [-0.39, 0.29) is 0 Å². The number of piperidine rings is 1. The Balaban J connectivity index is 1.58. The number of aliphatic imine (C=N–C) groups is 1. The first kappa shape index (κ1) is 20.5. The number of ether oxygens (including phenoxy) is 1. The molecule has 0 spiro atoms. The van der Waals surface area contributed by atoms with Gasteiger partial charge in [0, 0.05) is 38.8 Å². The quantitative estimate of drug-likeness (QED) is 0.411. The Kier molecular flexibility index (Phi) is 8.99. The van der Waals surface area contributed by atoms with E-state index in [1.54, 1.807) is 0 Å². The largest absolute Gasteiger partial charge is 0.379 e. The number of nitrogens with zero attached hydrogens (tertiary/aromatic N) is 3. The molecule has 2 heterocycles. The molecule has 2 aliphatic heterocycles. The minimum absolute atomic E-state index is 0.479. The van der Waals surface area contributed by atoms with Crippen LogP contribution in [0.1, 0.15) is 40.0 Å². The number of morpholine rings is 1. The van der Waals surface area contributed by atoms with E-state index in [1.165, 1.54) is 38.9 Å². The van der Waals surface area contributed by atoms with E-state index in [9.17, 15) is 0 Å². The molecular weight excluding hydrogens is 314 g/mol. The predicted octanol–water partition coefficient (Wildman–Crippen LogP) is 1.38. The zero-order valence-electron chi connectivity index (χ0n) is 16.8. The number of likely N-dealkylation sites (tertiary alicyclic amines) is 1. The van der Waals surface area contributed by atoms with Gasteiger partial charge in [0.05, 0.1) is 13.2 Å². The minimum Gasteiger partial charge on any atom is -0.379 e. The first-order valence-electron chi connectivity index (χ1n) is 10.1. The summed E-state index contributed by atoms with van der Waals surface area (Å²) in [6.45, 7) is 15.2. The smallest absolute Gasteiger partial charge is 0.191 e. The summed E-state index contributed by atoms with van der Waals surface area (Å²) in [4.78, 5) is 9.47. The van der Waals surface area contributed by atoms with Crippen molar-refractivity contribution >= 4 is 5.96 Å². The summed E-state index contributed by atoms with van der Waals surface area (Å²) in [7, 11) is 1.85. The fourth-order valence-electron chi connectivity index (χ4n) is 3.77. The van der Waals surface area contributed by atoms with Gasteiger partial charge >= 0.3 is 0 Å². The van der Waals surface area contributed by atoms with Crippen LogP contribution in [0.3, 0.4) is 0 Å². The molecule has 0 aliphatic carbocycles. The monoisotopic (exact) mass is 353 g/mol. The number of hydrogen-bond acceptors (Lipinski definition) is 4. The van der Waals surface area contributed by atoms with Crippen LogP contribution in [0.25, 0.3) is 0 Å². The van der Waals surface area contributed by atoms with Gasteiger partial charge in [0.25, 0.3) is 0 Å². The van der Waals surface area contributed by atoms with Gasteiger partial charge in [0.2, 0.25) is 0 Å². The van der Waals surface area contributed by atoms with Crippen molar-refractivity contribution in [3.63, 3.8) is 0 Å². The maximum atomic E-state index is 5.53. The van der Waals surface area contributed by atoms with Crippen LogP contribution >= 0.6 is 0 Å². The third kappa shape index (κ3) is 7.12. The molecule has 2 saturated heterocycles. The highest BCUT2D eigenvalue weighted by atomic mass is 16.5. The van der Waals surface area contributed by atoms with Gasteiger partial charge in [-0.25, -0.2) is 0 Å².